The number of ether oxygens (including phenoxy) is 1. The monoisotopic (exact) mass is 629 g/mol. The van der Waals surface area contributed by atoms with E-state index in [0.29, 0.717) is 50.6 Å². The molecule has 3 saturated heterocycles. The molecule has 7 rings (SSSR count). The third-order valence-electron chi connectivity index (χ3n) is 10.4. The Kier molecular flexibility index (Phi) is 8.22. The van der Waals surface area contributed by atoms with E-state index in [-0.39, 0.29) is 24.0 Å². The van der Waals surface area contributed by atoms with Crippen LogP contribution < -0.4 is 16.3 Å². The lowest BCUT2D eigenvalue weighted by Crippen LogP contribution is -2.58. The van der Waals surface area contributed by atoms with Crippen LogP contribution in [0.25, 0.3) is 11.0 Å². The topological polar surface area (TPSA) is 143 Å². The summed E-state index contributed by atoms with van der Waals surface area (Å²) in [6.45, 7) is 6.20. The molecule has 0 radical (unpaired) electrons. The summed E-state index contributed by atoms with van der Waals surface area (Å²) in [5, 5.41) is 5.98. The van der Waals surface area contributed by atoms with Crippen LogP contribution in [0.4, 0.5) is 15.3 Å². The number of imidazole rings is 1. The number of aromatic amines is 2. The van der Waals surface area contributed by atoms with Crippen molar-refractivity contribution in [1.82, 2.24) is 30.0 Å². The Morgan fingerprint density at radius 2 is 1.67 bits per heavy atom. The number of H-pyrrole nitrogens is 2. The number of amides is 4. The molecule has 4 amide bonds. The molecule has 3 aromatic rings. The second kappa shape index (κ2) is 12.5. The van der Waals surface area contributed by atoms with Gasteiger partial charge >= 0.3 is 17.8 Å². The smallest absolute Gasteiger partial charge is 0.410 e. The van der Waals surface area contributed by atoms with Gasteiger partial charge in [-0.05, 0) is 81.8 Å². The molecule has 46 heavy (non-hydrogen) atoms. The number of urea groups is 1. The normalized spacial score (nSPS) is 21.0. The molecule has 4 N–H and O–H groups in total. The first-order valence-electron chi connectivity index (χ1n) is 16.7. The van der Waals surface area contributed by atoms with E-state index < -0.39 is 17.7 Å². The van der Waals surface area contributed by atoms with Crippen molar-refractivity contribution in [3.63, 3.8) is 0 Å². The van der Waals surface area contributed by atoms with Crippen LogP contribution in [0, 0.1) is 6.92 Å². The Labute approximate surface area is 267 Å². The van der Waals surface area contributed by atoms with Gasteiger partial charge in [0.05, 0.1) is 16.6 Å². The zero-order chi connectivity index (χ0) is 31.8. The summed E-state index contributed by atoms with van der Waals surface area (Å²) in [4.78, 5) is 63.9. The van der Waals surface area contributed by atoms with Crippen molar-refractivity contribution >= 4 is 34.8 Å². The number of nitrogens with zero attached hydrogens (tertiary/aromatic N) is 3. The standard InChI is InChI=1S/C34H43N7O5/c1-22-19-23(20-27-29(22)37-31(43)36-27)21-28(30(42)40-15-9-24(10-16-40)39-13-5-2-6-14-39)46-33(45)41-17-11-34(12-18-41)25-7-3-4-8-26(25)35-32(44)38-34/h3-4,7-8,19-20,24,28H,2,5-6,9-18,21H2,1H3,(H2,35,38,44)(H2,36,37,43). The molecule has 12 heteroatoms. The Balaban J connectivity index is 1.06. The van der Waals surface area contributed by atoms with Crippen molar-refractivity contribution in [2.24, 2.45) is 0 Å². The second-order valence-electron chi connectivity index (χ2n) is 13.3. The van der Waals surface area contributed by atoms with Gasteiger partial charge in [0.25, 0.3) is 5.91 Å². The summed E-state index contributed by atoms with van der Waals surface area (Å²) in [5.74, 6) is -0.182. The molecular formula is C34H43N7O5. The van der Waals surface area contributed by atoms with E-state index in [1.807, 2.05) is 48.2 Å². The van der Waals surface area contributed by atoms with E-state index in [4.69, 9.17) is 4.74 Å². The molecule has 1 aromatic heterocycles. The van der Waals surface area contributed by atoms with E-state index in [1.165, 1.54) is 19.3 Å². The maximum atomic E-state index is 14.1. The number of fused-ring (bicyclic) bond motifs is 3. The minimum Gasteiger partial charge on any atom is -0.436 e. The number of likely N-dealkylation sites (tertiary alicyclic amines) is 3. The van der Waals surface area contributed by atoms with Crippen molar-refractivity contribution in [3.8, 4) is 0 Å². The molecule has 0 saturated carbocycles. The maximum absolute atomic E-state index is 14.1. The fourth-order valence-corrected chi connectivity index (χ4v) is 7.95. The predicted octanol–water partition coefficient (Wildman–Crippen LogP) is 3.82. The third kappa shape index (κ3) is 5.97. The molecule has 1 spiro atoms. The number of para-hydroxylation sites is 1. The van der Waals surface area contributed by atoms with E-state index in [9.17, 15) is 19.2 Å². The summed E-state index contributed by atoms with van der Waals surface area (Å²) in [7, 11) is 0. The maximum Gasteiger partial charge on any atom is 0.410 e. The van der Waals surface area contributed by atoms with Crippen LogP contribution in [0.5, 0.6) is 0 Å². The highest BCUT2D eigenvalue weighted by molar-refractivity contribution is 5.94. The van der Waals surface area contributed by atoms with Gasteiger partial charge in [-0.1, -0.05) is 30.7 Å². The molecule has 0 aliphatic carbocycles. The van der Waals surface area contributed by atoms with Crippen molar-refractivity contribution in [2.75, 3.05) is 44.6 Å². The number of anilines is 1. The van der Waals surface area contributed by atoms with Gasteiger partial charge in [0.1, 0.15) is 0 Å². The fourth-order valence-electron chi connectivity index (χ4n) is 7.95. The predicted molar refractivity (Wildman–Crippen MR) is 174 cm³/mol. The zero-order valence-corrected chi connectivity index (χ0v) is 26.4. The summed E-state index contributed by atoms with van der Waals surface area (Å²) in [6.07, 6.45) is 5.33. The first kappa shape index (κ1) is 30.3. The van der Waals surface area contributed by atoms with Crippen molar-refractivity contribution in [1.29, 1.82) is 0 Å². The number of carbonyl (C=O) groups is 3. The molecule has 244 valence electrons. The Bertz CT molecular complexity index is 1680. The molecule has 5 heterocycles. The third-order valence-corrected chi connectivity index (χ3v) is 10.4. The van der Waals surface area contributed by atoms with Crippen LogP contribution in [-0.4, -0.2) is 94.1 Å². The zero-order valence-electron chi connectivity index (χ0n) is 26.4. The lowest BCUT2D eigenvalue weighted by atomic mass is 9.79. The van der Waals surface area contributed by atoms with Gasteiger partial charge in [-0.15, -0.1) is 0 Å². The minimum atomic E-state index is -1.00. The highest BCUT2D eigenvalue weighted by Gasteiger charge is 2.43. The molecule has 2 aromatic carbocycles. The summed E-state index contributed by atoms with van der Waals surface area (Å²) in [6, 6.07) is 11.8. The number of rotatable bonds is 5. The van der Waals surface area contributed by atoms with Gasteiger partial charge < -0.3 is 40.0 Å². The average molecular weight is 630 g/mol. The van der Waals surface area contributed by atoms with Crippen LogP contribution >= 0.6 is 0 Å². The molecule has 12 nitrogen and oxygen atoms in total. The molecule has 3 fully saturated rings. The van der Waals surface area contributed by atoms with Gasteiger partial charge in [-0.2, -0.15) is 0 Å². The first-order chi connectivity index (χ1) is 22.3. The molecule has 4 aliphatic heterocycles. The minimum absolute atomic E-state index is 0.182. The van der Waals surface area contributed by atoms with E-state index >= 15 is 0 Å². The van der Waals surface area contributed by atoms with Crippen LogP contribution in [0.15, 0.2) is 41.2 Å². The number of piperidine rings is 3. The van der Waals surface area contributed by atoms with Crippen LogP contribution in [0.3, 0.4) is 0 Å². The average Bonchev–Trinajstić information content (AvgIpc) is 3.45. The quantitative estimate of drug-likeness (QED) is 0.338. The first-order valence-corrected chi connectivity index (χ1v) is 16.7. The lowest BCUT2D eigenvalue weighted by molar-refractivity contribution is -0.142. The summed E-state index contributed by atoms with van der Waals surface area (Å²) in [5.41, 5.74) is 4.00. The number of benzene rings is 2. The number of nitrogens with one attached hydrogen (secondary N) is 4. The summed E-state index contributed by atoms with van der Waals surface area (Å²) >= 11 is 0. The van der Waals surface area contributed by atoms with Gasteiger partial charge in [0, 0.05) is 49.9 Å². The fraction of sp³-hybridized carbons (Fsp3) is 0.529. The molecule has 1 atom stereocenters. The van der Waals surface area contributed by atoms with E-state index in [0.717, 1.165) is 53.8 Å². The molecule has 0 bridgehead atoms. The number of hydrogen-bond acceptors (Lipinski definition) is 6. The molecular weight excluding hydrogens is 586 g/mol. The number of aromatic nitrogens is 2. The SMILES string of the molecule is Cc1cc(CC(OC(=O)N2CCC3(CC2)NC(=O)Nc2ccccc23)C(=O)N2CCC(N3CCCCC3)CC2)cc2[nH]c(=O)[nH]c12. The van der Waals surface area contributed by atoms with E-state index in [1.54, 1.807) is 4.90 Å². The van der Waals surface area contributed by atoms with Gasteiger partial charge in [-0.25, -0.2) is 14.4 Å². The van der Waals surface area contributed by atoms with Crippen LogP contribution in [0.2, 0.25) is 0 Å². The number of carbonyl (C=O) groups excluding carboxylic acids is 3. The van der Waals surface area contributed by atoms with Crippen LogP contribution in [0.1, 0.15) is 61.6 Å². The van der Waals surface area contributed by atoms with Crippen LogP contribution in [-0.2, 0) is 21.5 Å². The Morgan fingerprint density at radius 1 is 0.935 bits per heavy atom. The highest BCUT2D eigenvalue weighted by atomic mass is 16.6. The lowest BCUT2D eigenvalue weighted by Gasteiger charge is -2.45. The summed E-state index contributed by atoms with van der Waals surface area (Å²) < 4.78 is 6.08. The van der Waals surface area contributed by atoms with E-state index in [2.05, 4.69) is 25.5 Å². The number of aryl methyl sites for hydroxylation is 1. The van der Waals surface area contributed by atoms with Crippen molar-refractivity contribution in [2.45, 2.75) is 76.0 Å². The largest absolute Gasteiger partial charge is 0.436 e. The van der Waals surface area contributed by atoms with Gasteiger partial charge in [0.15, 0.2) is 6.10 Å². The van der Waals surface area contributed by atoms with Crippen molar-refractivity contribution < 1.29 is 19.1 Å². The van der Waals surface area contributed by atoms with Crippen molar-refractivity contribution in [3.05, 3.63) is 63.6 Å². The van der Waals surface area contributed by atoms with Gasteiger partial charge in [0.2, 0.25) is 0 Å². The van der Waals surface area contributed by atoms with Gasteiger partial charge in [-0.3, -0.25) is 4.79 Å². The highest BCUT2D eigenvalue weighted by Crippen LogP contribution is 2.39. The molecule has 1 unspecified atom stereocenters. The molecule has 4 aliphatic rings. The Hall–Kier alpha value is -4.32. The second-order valence-corrected chi connectivity index (χ2v) is 13.3. The Morgan fingerprint density at radius 3 is 2.43 bits per heavy atom. The number of hydrogen-bond donors (Lipinski definition) is 4.